The molecule has 134 valence electrons. The summed E-state index contributed by atoms with van der Waals surface area (Å²) in [6, 6.07) is 12.1. The van der Waals surface area contributed by atoms with Crippen LogP contribution in [0.15, 0.2) is 53.6 Å². The Morgan fingerprint density at radius 3 is 2.38 bits per heavy atom. The molecule has 0 aliphatic heterocycles. The van der Waals surface area contributed by atoms with Gasteiger partial charge in [-0.2, -0.15) is 5.10 Å². The molecule has 26 heavy (non-hydrogen) atoms. The third-order valence-corrected chi connectivity index (χ3v) is 3.27. The van der Waals surface area contributed by atoms with E-state index in [2.05, 4.69) is 15.8 Å². The fourth-order valence-corrected chi connectivity index (χ4v) is 1.91. The Morgan fingerprint density at radius 2 is 1.81 bits per heavy atom. The van der Waals surface area contributed by atoms with Gasteiger partial charge in [0.05, 0.1) is 24.8 Å². The maximum absolute atomic E-state index is 11.9. The maximum atomic E-state index is 11.9. The van der Waals surface area contributed by atoms with Gasteiger partial charge in [0.25, 0.3) is 17.5 Å². The number of hydrogen-bond acceptors (Lipinski definition) is 6. The van der Waals surface area contributed by atoms with Crippen LogP contribution in [0.1, 0.15) is 15.9 Å². The molecule has 0 aliphatic rings. The number of non-ortho nitro benzene ring substituents is 1. The molecule has 0 saturated heterocycles. The van der Waals surface area contributed by atoms with Crippen molar-refractivity contribution in [2.24, 2.45) is 5.10 Å². The summed E-state index contributed by atoms with van der Waals surface area (Å²) in [5.41, 5.74) is 3.15. The van der Waals surface area contributed by atoms with Gasteiger partial charge in [-0.05, 0) is 42.0 Å². The lowest BCUT2D eigenvalue weighted by molar-refractivity contribution is -0.384. The molecule has 0 atom stereocenters. The van der Waals surface area contributed by atoms with Crippen LogP contribution in [-0.2, 0) is 4.79 Å². The highest BCUT2D eigenvalue weighted by Crippen LogP contribution is 2.11. The third-order valence-electron chi connectivity index (χ3n) is 3.27. The second-order valence-corrected chi connectivity index (χ2v) is 5.05. The number of nitrogens with one attached hydrogen (secondary N) is 2. The van der Waals surface area contributed by atoms with Crippen molar-refractivity contribution in [2.45, 2.75) is 0 Å². The number of nitro benzene ring substituents is 1. The molecule has 2 aromatic rings. The number of hydrogen-bond donors (Lipinski definition) is 2. The van der Waals surface area contributed by atoms with Crippen LogP contribution >= 0.6 is 0 Å². The van der Waals surface area contributed by atoms with Crippen LogP contribution in [-0.4, -0.2) is 36.6 Å². The molecule has 2 N–H and O–H groups in total. The van der Waals surface area contributed by atoms with Crippen molar-refractivity contribution in [1.29, 1.82) is 0 Å². The molecule has 0 aliphatic carbocycles. The lowest BCUT2D eigenvalue weighted by atomic mass is 10.2. The summed E-state index contributed by atoms with van der Waals surface area (Å²) in [6.45, 7) is -0.282. The lowest BCUT2D eigenvalue weighted by Gasteiger charge is -2.04. The molecule has 0 unspecified atom stereocenters. The predicted molar refractivity (Wildman–Crippen MR) is 94.2 cm³/mol. The number of amides is 2. The summed E-state index contributed by atoms with van der Waals surface area (Å²) < 4.78 is 5.03. The van der Waals surface area contributed by atoms with Gasteiger partial charge in [0, 0.05) is 17.7 Å². The minimum Gasteiger partial charge on any atom is -0.497 e. The van der Waals surface area contributed by atoms with Gasteiger partial charge in [0.2, 0.25) is 0 Å². The summed E-state index contributed by atoms with van der Waals surface area (Å²) in [7, 11) is 1.56. The first-order valence-corrected chi connectivity index (χ1v) is 7.48. The van der Waals surface area contributed by atoms with Crippen LogP contribution in [0.5, 0.6) is 5.75 Å². The van der Waals surface area contributed by atoms with Crippen molar-refractivity contribution in [3.05, 3.63) is 69.8 Å². The Bertz CT molecular complexity index is 816. The average molecular weight is 356 g/mol. The number of methoxy groups -OCH3 is 1. The minimum atomic E-state index is -0.560. The predicted octanol–water partition coefficient (Wildman–Crippen LogP) is 1.48. The third kappa shape index (κ3) is 5.41. The van der Waals surface area contributed by atoms with Crippen molar-refractivity contribution >= 4 is 23.7 Å². The van der Waals surface area contributed by atoms with E-state index in [4.69, 9.17) is 4.74 Å². The number of benzene rings is 2. The zero-order valence-electron chi connectivity index (χ0n) is 13.8. The molecule has 0 radical (unpaired) electrons. The summed E-state index contributed by atoms with van der Waals surface area (Å²) in [6.07, 6.45) is 1.45. The Hall–Kier alpha value is -3.75. The van der Waals surface area contributed by atoms with Crippen molar-refractivity contribution in [3.63, 3.8) is 0 Å². The standard InChI is InChI=1S/C17H16N4O5/c1-26-15-8-2-12(3-9-15)10-19-20-16(22)11-18-17(23)13-4-6-14(7-5-13)21(24)25/h2-10H,11H2,1H3,(H,18,23)(H,20,22)/b19-10-. The van der Waals surface area contributed by atoms with Crippen LogP contribution in [0.2, 0.25) is 0 Å². The van der Waals surface area contributed by atoms with Gasteiger partial charge in [-0.1, -0.05) is 0 Å². The molecule has 0 saturated carbocycles. The summed E-state index contributed by atoms with van der Waals surface area (Å²) in [4.78, 5) is 33.5. The van der Waals surface area contributed by atoms with Crippen LogP contribution in [0, 0.1) is 10.1 Å². The number of rotatable bonds is 7. The van der Waals surface area contributed by atoms with E-state index in [1.807, 2.05) is 0 Å². The monoisotopic (exact) mass is 356 g/mol. The summed E-state index contributed by atoms with van der Waals surface area (Å²) in [5, 5.41) is 16.8. The van der Waals surface area contributed by atoms with Crippen molar-refractivity contribution < 1.29 is 19.2 Å². The van der Waals surface area contributed by atoms with Crippen molar-refractivity contribution in [2.75, 3.05) is 13.7 Å². The molecule has 0 fully saturated rings. The average Bonchev–Trinajstić information content (AvgIpc) is 2.66. The fourth-order valence-electron chi connectivity index (χ4n) is 1.91. The molecule has 2 rings (SSSR count). The van der Waals surface area contributed by atoms with Crippen molar-refractivity contribution in [1.82, 2.24) is 10.7 Å². The van der Waals surface area contributed by atoms with E-state index in [9.17, 15) is 19.7 Å². The first-order valence-electron chi connectivity index (χ1n) is 7.48. The zero-order chi connectivity index (χ0) is 18.9. The van der Waals surface area contributed by atoms with Gasteiger partial charge in [-0.25, -0.2) is 5.43 Å². The van der Waals surface area contributed by atoms with Crippen molar-refractivity contribution in [3.8, 4) is 5.75 Å². The van der Waals surface area contributed by atoms with Gasteiger partial charge >= 0.3 is 0 Å². The Kier molecular flexibility index (Phi) is 6.38. The minimum absolute atomic E-state index is 0.118. The molecule has 0 bridgehead atoms. The van der Waals surface area contributed by atoms with Gasteiger partial charge < -0.3 is 10.1 Å². The maximum Gasteiger partial charge on any atom is 0.269 e. The number of nitro groups is 1. The first kappa shape index (κ1) is 18.6. The van der Waals surface area contributed by atoms with Gasteiger partial charge in [-0.15, -0.1) is 0 Å². The van der Waals surface area contributed by atoms with E-state index < -0.39 is 16.7 Å². The highest BCUT2D eigenvalue weighted by Gasteiger charge is 2.10. The molecular formula is C17H16N4O5. The summed E-state index contributed by atoms with van der Waals surface area (Å²) in [5.74, 6) is -0.320. The van der Waals surface area contributed by atoms with Crippen LogP contribution in [0.25, 0.3) is 0 Å². The smallest absolute Gasteiger partial charge is 0.269 e. The SMILES string of the molecule is COc1ccc(/C=N\NC(=O)CNC(=O)c2ccc([N+](=O)[O-])cc2)cc1. The molecule has 9 heteroatoms. The molecular weight excluding hydrogens is 340 g/mol. The molecule has 0 spiro atoms. The van der Waals surface area contributed by atoms with E-state index in [-0.39, 0.29) is 17.8 Å². The highest BCUT2D eigenvalue weighted by atomic mass is 16.6. The van der Waals surface area contributed by atoms with Gasteiger partial charge in [0.15, 0.2) is 0 Å². The largest absolute Gasteiger partial charge is 0.497 e. The van der Waals surface area contributed by atoms with E-state index in [1.165, 1.54) is 30.5 Å². The Morgan fingerprint density at radius 1 is 1.15 bits per heavy atom. The highest BCUT2D eigenvalue weighted by molar-refractivity contribution is 5.96. The number of carbonyl (C=O) groups is 2. The zero-order valence-corrected chi connectivity index (χ0v) is 13.8. The van der Waals surface area contributed by atoms with Gasteiger partial charge in [-0.3, -0.25) is 19.7 Å². The number of carbonyl (C=O) groups excluding carboxylic acids is 2. The quantitative estimate of drug-likeness (QED) is 0.442. The van der Waals surface area contributed by atoms with Crippen LogP contribution in [0.3, 0.4) is 0 Å². The fraction of sp³-hybridized carbons (Fsp3) is 0.118. The number of nitrogens with zero attached hydrogens (tertiary/aromatic N) is 2. The van der Waals surface area contributed by atoms with Crippen LogP contribution in [0.4, 0.5) is 5.69 Å². The second-order valence-electron chi connectivity index (χ2n) is 5.05. The van der Waals surface area contributed by atoms with E-state index in [0.717, 1.165) is 5.56 Å². The topological polar surface area (TPSA) is 123 Å². The molecule has 2 aromatic carbocycles. The number of ether oxygens (including phenoxy) is 1. The van der Waals surface area contributed by atoms with E-state index in [1.54, 1.807) is 31.4 Å². The molecule has 9 nitrogen and oxygen atoms in total. The number of hydrazone groups is 1. The van der Waals surface area contributed by atoms with Gasteiger partial charge in [0.1, 0.15) is 5.75 Å². The van der Waals surface area contributed by atoms with Crippen LogP contribution < -0.4 is 15.5 Å². The molecule has 0 heterocycles. The van der Waals surface area contributed by atoms with E-state index >= 15 is 0 Å². The molecule has 2 amide bonds. The first-order chi connectivity index (χ1) is 12.5. The Balaban J connectivity index is 1.79. The Labute approximate surface area is 148 Å². The molecule has 0 aromatic heterocycles. The summed E-state index contributed by atoms with van der Waals surface area (Å²) >= 11 is 0. The second kappa shape index (κ2) is 8.92. The van der Waals surface area contributed by atoms with E-state index in [0.29, 0.717) is 5.75 Å². The lowest BCUT2D eigenvalue weighted by Crippen LogP contribution is -2.34. The normalized spacial score (nSPS) is 10.3.